The molecule has 1 aromatic carbocycles. The fraction of sp³-hybridized carbons (Fsp3) is 0.312. The molecule has 6 nitrogen and oxygen atoms in total. The van der Waals surface area contributed by atoms with Crippen molar-refractivity contribution in [1.29, 1.82) is 0 Å². The van der Waals surface area contributed by atoms with Gasteiger partial charge in [0.15, 0.2) is 0 Å². The van der Waals surface area contributed by atoms with E-state index < -0.39 is 5.97 Å². The smallest absolute Gasteiger partial charge is 0.335 e. The minimum Gasteiger partial charge on any atom is -0.478 e. The van der Waals surface area contributed by atoms with Crippen LogP contribution in [0.2, 0.25) is 0 Å². The van der Waals surface area contributed by atoms with Gasteiger partial charge in [-0.3, -0.25) is 0 Å². The number of carbonyl (C=O) groups is 1. The second-order valence-electron chi connectivity index (χ2n) is 5.64. The molecule has 0 aliphatic rings. The summed E-state index contributed by atoms with van der Waals surface area (Å²) < 4.78 is 4.02. The molecular weight excluding hydrogens is 316 g/mol. The topological polar surface area (TPSA) is 72.9 Å². The third kappa shape index (κ3) is 2.82. The number of hydrogen-bond acceptors (Lipinski definition) is 3. The van der Waals surface area contributed by atoms with Gasteiger partial charge in [-0.15, -0.1) is 11.6 Å². The number of nitrogens with zero attached hydrogens (tertiary/aromatic N) is 4. The molecule has 23 heavy (non-hydrogen) atoms. The Labute approximate surface area is 138 Å². The van der Waals surface area contributed by atoms with Crippen LogP contribution in [0.1, 0.15) is 41.8 Å². The third-order valence-electron chi connectivity index (χ3n) is 3.82. The molecule has 0 atom stereocenters. The zero-order valence-corrected chi connectivity index (χ0v) is 13.7. The predicted octanol–water partition coefficient (Wildman–Crippen LogP) is 3.30. The van der Waals surface area contributed by atoms with Gasteiger partial charge in [0, 0.05) is 12.2 Å². The highest BCUT2D eigenvalue weighted by Crippen LogP contribution is 2.22. The van der Waals surface area contributed by atoms with Crippen LogP contribution < -0.4 is 0 Å². The number of alkyl halides is 1. The van der Waals surface area contributed by atoms with E-state index in [1.165, 1.54) is 0 Å². The van der Waals surface area contributed by atoms with Crippen molar-refractivity contribution in [3.05, 3.63) is 47.8 Å². The van der Waals surface area contributed by atoms with Crippen molar-refractivity contribution < 1.29 is 9.90 Å². The number of carboxylic acids is 1. The molecule has 7 heteroatoms. The van der Waals surface area contributed by atoms with E-state index in [1.54, 1.807) is 24.5 Å². The summed E-state index contributed by atoms with van der Waals surface area (Å²) in [6.07, 6.45) is 3.60. The Morgan fingerprint density at radius 1 is 1.39 bits per heavy atom. The molecule has 0 saturated carbocycles. The highest BCUT2D eigenvalue weighted by atomic mass is 35.5. The standard InChI is InChI=1S/C16H17ClN4O2/c1-10(2)21-9-18-7-12(21)8-20-14-5-11(16(22)23)3-4-13(14)19-15(20)6-17/h3-5,7,9-10H,6,8H2,1-2H3,(H,22,23). The molecular formula is C16H17ClN4O2. The van der Waals surface area contributed by atoms with E-state index in [4.69, 9.17) is 11.6 Å². The second kappa shape index (κ2) is 6.04. The molecule has 1 N–H and O–H groups in total. The predicted molar refractivity (Wildman–Crippen MR) is 88.0 cm³/mol. The summed E-state index contributed by atoms with van der Waals surface area (Å²) in [5.74, 6) is 0.00685. The first-order valence-electron chi connectivity index (χ1n) is 7.30. The number of aromatic nitrogens is 4. The molecule has 0 spiro atoms. The van der Waals surface area contributed by atoms with Gasteiger partial charge in [-0.05, 0) is 32.0 Å². The van der Waals surface area contributed by atoms with Gasteiger partial charge in [0.25, 0.3) is 0 Å². The molecule has 3 rings (SSSR count). The Hall–Kier alpha value is -2.34. The lowest BCUT2D eigenvalue weighted by atomic mass is 10.2. The van der Waals surface area contributed by atoms with Crippen LogP contribution in [0.5, 0.6) is 0 Å². The molecule has 3 aromatic rings. The Morgan fingerprint density at radius 2 is 2.17 bits per heavy atom. The first-order chi connectivity index (χ1) is 11.0. The minimum absolute atomic E-state index is 0.233. The maximum absolute atomic E-state index is 11.2. The van der Waals surface area contributed by atoms with Crippen molar-refractivity contribution in [2.24, 2.45) is 0 Å². The maximum atomic E-state index is 11.2. The fourth-order valence-electron chi connectivity index (χ4n) is 2.67. The van der Waals surface area contributed by atoms with Crippen LogP contribution in [0.15, 0.2) is 30.7 Å². The van der Waals surface area contributed by atoms with Crippen LogP contribution in [0.3, 0.4) is 0 Å². The van der Waals surface area contributed by atoms with E-state index in [-0.39, 0.29) is 17.5 Å². The Morgan fingerprint density at radius 3 is 2.83 bits per heavy atom. The molecule has 0 radical (unpaired) electrons. The highest BCUT2D eigenvalue weighted by Gasteiger charge is 2.15. The highest BCUT2D eigenvalue weighted by molar-refractivity contribution is 6.16. The van der Waals surface area contributed by atoms with Crippen LogP contribution in [-0.4, -0.2) is 30.2 Å². The van der Waals surface area contributed by atoms with Crippen molar-refractivity contribution in [2.45, 2.75) is 32.3 Å². The van der Waals surface area contributed by atoms with Crippen LogP contribution in [0.4, 0.5) is 0 Å². The Balaban J connectivity index is 2.12. The number of benzene rings is 1. The van der Waals surface area contributed by atoms with Gasteiger partial charge in [-0.25, -0.2) is 14.8 Å². The molecule has 2 aromatic heterocycles. The summed E-state index contributed by atoms with van der Waals surface area (Å²) in [5.41, 5.74) is 2.75. The van der Waals surface area contributed by atoms with Crippen molar-refractivity contribution in [1.82, 2.24) is 19.1 Å². The molecule has 0 amide bonds. The fourth-order valence-corrected chi connectivity index (χ4v) is 2.87. The van der Waals surface area contributed by atoms with Crippen LogP contribution in [0.25, 0.3) is 11.0 Å². The third-order valence-corrected chi connectivity index (χ3v) is 4.06. The molecule has 0 fully saturated rings. The van der Waals surface area contributed by atoms with E-state index in [0.717, 1.165) is 16.7 Å². The molecule has 0 saturated heterocycles. The van der Waals surface area contributed by atoms with E-state index in [0.29, 0.717) is 12.4 Å². The van der Waals surface area contributed by atoms with Crippen LogP contribution in [-0.2, 0) is 12.4 Å². The zero-order valence-electron chi connectivity index (χ0n) is 12.9. The van der Waals surface area contributed by atoms with Gasteiger partial charge in [0.05, 0.1) is 41.0 Å². The maximum Gasteiger partial charge on any atom is 0.335 e. The lowest BCUT2D eigenvalue weighted by molar-refractivity contribution is 0.0697. The normalized spacial score (nSPS) is 11.5. The van der Waals surface area contributed by atoms with Gasteiger partial charge >= 0.3 is 5.97 Å². The molecule has 2 heterocycles. The molecule has 0 aliphatic heterocycles. The summed E-state index contributed by atoms with van der Waals surface area (Å²) in [5, 5.41) is 9.20. The SMILES string of the molecule is CC(C)n1cncc1Cn1c(CCl)nc2ccc(C(=O)O)cc21. The average Bonchev–Trinajstić information content (AvgIpc) is 3.12. The Kier molecular flexibility index (Phi) is 4.09. The summed E-state index contributed by atoms with van der Waals surface area (Å²) in [6, 6.07) is 5.19. The lowest BCUT2D eigenvalue weighted by Crippen LogP contribution is -2.10. The van der Waals surface area contributed by atoms with Gasteiger partial charge in [0.1, 0.15) is 5.82 Å². The van der Waals surface area contributed by atoms with E-state index in [2.05, 4.69) is 28.4 Å². The van der Waals surface area contributed by atoms with Crippen molar-refractivity contribution >= 4 is 28.6 Å². The number of carboxylic acid groups (broad SMARTS) is 1. The first kappa shape index (κ1) is 15.6. The summed E-state index contributed by atoms with van der Waals surface area (Å²) in [4.78, 5) is 19.9. The van der Waals surface area contributed by atoms with Gasteiger partial charge in [0.2, 0.25) is 0 Å². The first-order valence-corrected chi connectivity index (χ1v) is 7.84. The molecule has 0 bridgehead atoms. The van der Waals surface area contributed by atoms with Crippen LogP contribution >= 0.6 is 11.6 Å². The monoisotopic (exact) mass is 332 g/mol. The molecule has 0 aliphatic carbocycles. The number of imidazole rings is 2. The van der Waals surface area contributed by atoms with Gasteiger partial charge in [-0.1, -0.05) is 0 Å². The van der Waals surface area contributed by atoms with Gasteiger partial charge in [-0.2, -0.15) is 0 Å². The number of aromatic carboxylic acids is 1. The summed E-state index contributed by atoms with van der Waals surface area (Å²) >= 11 is 6.03. The summed E-state index contributed by atoms with van der Waals surface area (Å²) in [6.45, 7) is 4.71. The number of halogens is 1. The van der Waals surface area contributed by atoms with Crippen molar-refractivity contribution in [3.8, 4) is 0 Å². The largest absolute Gasteiger partial charge is 0.478 e. The minimum atomic E-state index is -0.959. The van der Waals surface area contributed by atoms with Crippen molar-refractivity contribution in [3.63, 3.8) is 0 Å². The van der Waals surface area contributed by atoms with E-state index in [1.807, 2.05) is 10.8 Å². The quantitative estimate of drug-likeness (QED) is 0.727. The molecule has 120 valence electrons. The second-order valence-corrected chi connectivity index (χ2v) is 5.91. The number of hydrogen-bond donors (Lipinski definition) is 1. The zero-order chi connectivity index (χ0) is 16.6. The lowest BCUT2D eigenvalue weighted by Gasteiger charge is -2.14. The van der Waals surface area contributed by atoms with E-state index >= 15 is 0 Å². The molecule has 0 unspecified atom stereocenters. The van der Waals surface area contributed by atoms with Crippen molar-refractivity contribution in [2.75, 3.05) is 0 Å². The average molecular weight is 333 g/mol. The number of rotatable bonds is 5. The number of fused-ring (bicyclic) bond motifs is 1. The van der Waals surface area contributed by atoms with Gasteiger partial charge < -0.3 is 14.2 Å². The Bertz CT molecular complexity index is 866. The summed E-state index contributed by atoms with van der Waals surface area (Å²) in [7, 11) is 0. The van der Waals surface area contributed by atoms with E-state index in [9.17, 15) is 9.90 Å². The van der Waals surface area contributed by atoms with Crippen LogP contribution in [0, 0.1) is 0 Å².